The highest BCUT2D eigenvalue weighted by Gasteiger charge is 2.49. The maximum atomic E-state index is 11.9. The first-order chi connectivity index (χ1) is 9.09. The molecule has 2 atom stereocenters. The molecule has 0 bridgehead atoms. The van der Waals surface area contributed by atoms with E-state index in [1.54, 1.807) is 18.2 Å². The van der Waals surface area contributed by atoms with Crippen molar-refractivity contribution in [1.82, 2.24) is 14.9 Å². The molecule has 3 rings (SSSR count). The van der Waals surface area contributed by atoms with E-state index in [-0.39, 0.29) is 11.9 Å². The van der Waals surface area contributed by atoms with Gasteiger partial charge in [-0.25, -0.2) is 9.69 Å². The summed E-state index contributed by atoms with van der Waals surface area (Å²) in [6.45, 7) is 0. The highest BCUT2D eigenvalue weighted by molar-refractivity contribution is 6.38. The third kappa shape index (κ3) is 1.98. The molecule has 0 N–H and O–H groups in total. The number of nitrogens with zero attached hydrogens (tertiary/aromatic N) is 4. The number of alkyl halides is 1. The van der Waals surface area contributed by atoms with Gasteiger partial charge in [-0.05, 0) is 17.7 Å². The second-order valence-corrected chi connectivity index (χ2v) is 5.35. The Kier molecular flexibility index (Phi) is 3.12. The van der Waals surface area contributed by atoms with Crippen LogP contribution in [0.5, 0.6) is 0 Å². The molecule has 1 fully saturated rings. The lowest BCUT2D eigenvalue weighted by Crippen LogP contribution is -2.61. The molecular formula is C11H7Cl3N4O. The number of hydrogen-bond donors (Lipinski definition) is 0. The molecule has 5 nitrogen and oxygen atoms in total. The van der Waals surface area contributed by atoms with Gasteiger partial charge in [-0.2, -0.15) is 0 Å². The van der Waals surface area contributed by atoms with Crippen LogP contribution in [0.15, 0.2) is 30.9 Å². The molecule has 0 radical (unpaired) electrons. The minimum Gasteiger partial charge on any atom is -0.271 e. The smallest absolute Gasteiger partial charge is 0.262 e. The minimum absolute atomic E-state index is 0.225. The van der Waals surface area contributed by atoms with Crippen molar-refractivity contribution in [1.29, 1.82) is 0 Å². The molecule has 1 aliphatic heterocycles. The summed E-state index contributed by atoms with van der Waals surface area (Å²) < 4.78 is 1.48. The summed E-state index contributed by atoms with van der Waals surface area (Å²) in [5, 5.41) is 9.12. The predicted octanol–water partition coefficient (Wildman–Crippen LogP) is 2.41. The fourth-order valence-corrected chi connectivity index (χ4v) is 2.90. The van der Waals surface area contributed by atoms with Gasteiger partial charge in [0.25, 0.3) is 5.91 Å². The Hall–Kier alpha value is -1.30. The van der Waals surface area contributed by atoms with Crippen LogP contribution in [-0.4, -0.2) is 26.2 Å². The standard InChI is InChI=1S/C11H7Cl3N4O/c12-6-1-2-7(8(13)3-6)10-9(14)11(19)18(10)17-4-15-16-5-17/h1-5,9-10H. The molecule has 98 valence electrons. The molecule has 2 heterocycles. The van der Waals surface area contributed by atoms with Crippen LogP contribution in [-0.2, 0) is 4.79 Å². The van der Waals surface area contributed by atoms with E-state index in [4.69, 9.17) is 34.8 Å². The van der Waals surface area contributed by atoms with E-state index in [1.807, 2.05) is 0 Å². The van der Waals surface area contributed by atoms with Gasteiger partial charge in [-0.15, -0.1) is 21.8 Å². The van der Waals surface area contributed by atoms with Crippen LogP contribution in [0.3, 0.4) is 0 Å². The zero-order valence-electron chi connectivity index (χ0n) is 9.37. The minimum atomic E-state index is -0.666. The van der Waals surface area contributed by atoms with Crippen LogP contribution in [0.2, 0.25) is 10.0 Å². The van der Waals surface area contributed by atoms with Crippen LogP contribution >= 0.6 is 34.8 Å². The quantitative estimate of drug-likeness (QED) is 0.631. The molecule has 19 heavy (non-hydrogen) atoms. The van der Waals surface area contributed by atoms with Crippen molar-refractivity contribution in [3.63, 3.8) is 0 Å². The Morgan fingerprint density at radius 2 is 1.84 bits per heavy atom. The number of β-lactam (4-membered cyclic amide) rings is 1. The van der Waals surface area contributed by atoms with Crippen LogP contribution in [0.25, 0.3) is 0 Å². The molecule has 0 aliphatic carbocycles. The Labute approximate surface area is 123 Å². The van der Waals surface area contributed by atoms with Crippen LogP contribution in [0, 0.1) is 0 Å². The SMILES string of the molecule is O=C1C(Cl)C(c2ccc(Cl)cc2Cl)N1n1cnnc1. The summed E-state index contributed by atoms with van der Waals surface area (Å²) in [6.07, 6.45) is 2.86. The summed E-state index contributed by atoms with van der Waals surface area (Å²) in [7, 11) is 0. The first kappa shape index (κ1) is 12.7. The van der Waals surface area contributed by atoms with Gasteiger partial charge in [0, 0.05) is 10.0 Å². The lowest BCUT2D eigenvalue weighted by atomic mass is 9.95. The van der Waals surface area contributed by atoms with Crippen molar-refractivity contribution in [2.75, 3.05) is 5.01 Å². The van der Waals surface area contributed by atoms with Crippen LogP contribution in [0.1, 0.15) is 11.6 Å². The fourth-order valence-electron chi connectivity index (χ4n) is 2.04. The second-order valence-electron chi connectivity index (χ2n) is 4.04. The summed E-state index contributed by atoms with van der Waals surface area (Å²) in [6, 6.07) is 4.72. The number of aromatic nitrogens is 3. The molecule has 1 aliphatic rings. The number of rotatable bonds is 2. The number of hydrogen-bond acceptors (Lipinski definition) is 3. The van der Waals surface area contributed by atoms with Crippen molar-refractivity contribution < 1.29 is 4.79 Å². The second kappa shape index (κ2) is 4.67. The zero-order chi connectivity index (χ0) is 13.6. The van der Waals surface area contributed by atoms with Crippen molar-refractivity contribution in [3.8, 4) is 0 Å². The van der Waals surface area contributed by atoms with Gasteiger partial charge in [-0.1, -0.05) is 29.3 Å². The molecule has 1 amide bonds. The van der Waals surface area contributed by atoms with E-state index >= 15 is 0 Å². The molecule has 2 unspecified atom stereocenters. The molecule has 0 saturated carbocycles. The number of amides is 1. The van der Waals surface area contributed by atoms with Crippen molar-refractivity contribution in [2.24, 2.45) is 0 Å². The zero-order valence-corrected chi connectivity index (χ0v) is 11.6. The van der Waals surface area contributed by atoms with Gasteiger partial charge >= 0.3 is 0 Å². The highest BCUT2D eigenvalue weighted by atomic mass is 35.5. The van der Waals surface area contributed by atoms with Crippen LogP contribution < -0.4 is 5.01 Å². The van der Waals surface area contributed by atoms with Crippen molar-refractivity contribution in [3.05, 3.63) is 46.5 Å². The average molecular weight is 318 g/mol. The third-order valence-corrected chi connectivity index (χ3v) is 3.93. The van der Waals surface area contributed by atoms with E-state index in [9.17, 15) is 4.79 Å². The molecule has 2 aromatic rings. The highest BCUT2D eigenvalue weighted by Crippen LogP contribution is 2.40. The summed E-state index contributed by atoms with van der Waals surface area (Å²) in [5.74, 6) is -0.225. The Balaban J connectivity index is 2.01. The van der Waals surface area contributed by atoms with Gasteiger partial charge in [0.15, 0.2) is 0 Å². The molecule has 1 saturated heterocycles. The Bertz CT molecular complexity index is 631. The average Bonchev–Trinajstić information content (AvgIpc) is 2.89. The molecule has 1 aromatic carbocycles. The number of carbonyl (C=O) groups is 1. The van der Waals surface area contributed by atoms with E-state index in [0.29, 0.717) is 10.0 Å². The van der Waals surface area contributed by atoms with E-state index in [2.05, 4.69) is 10.2 Å². The van der Waals surface area contributed by atoms with Gasteiger partial charge in [0.1, 0.15) is 24.1 Å². The lowest BCUT2D eigenvalue weighted by molar-refractivity contribution is -0.126. The first-order valence-electron chi connectivity index (χ1n) is 5.36. The van der Waals surface area contributed by atoms with Gasteiger partial charge in [0.2, 0.25) is 0 Å². The van der Waals surface area contributed by atoms with Crippen LogP contribution in [0.4, 0.5) is 0 Å². The molecule has 1 aromatic heterocycles. The summed E-state index contributed by atoms with van der Waals surface area (Å²) in [4.78, 5) is 11.9. The summed E-state index contributed by atoms with van der Waals surface area (Å²) in [5.41, 5.74) is 0.736. The topological polar surface area (TPSA) is 51.0 Å². The molecular weight excluding hydrogens is 311 g/mol. The van der Waals surface area contributed by atoms with E-state index in [1.165, 1.54) is 22.3 Å². The van der Waals surface area contributed by atoms with Gasteiger partial charge < -0.3 is 0 Å². The maximum absolute atomic E-state index is 11.9. The number of benzene rings is 1. The maximum Gasteiger partial charge on any atom is 0.262 e. The predicted molar refractivity (Wildman–Crippen MR) is 72.1 cm³/mol. The van der Waals surface area contributed by atoms with Crippen molar-refractivity contribution in [2.45, 2.75) is 11.4 Å². The van der Waals surface area contributed by atoms with E-state index in [0.717, 1.165) is 5.56 Å². The number of halogens is 3. The normalized spacial score (nSPS) is 22.5. The van der Waals surface area contributed by atoms with Crippen molar-refractivity contribution >= 4 is 40.7 Å². The monoisotopic (exact) mass is 316 g/mol. The molecule has 0 spiro atoms. The number of carbonyl (C=O) groups excluding carboxylic acids is 1. The summed E-state index contributed by atoms with van der Waals surface area (Å²) >= 11 is 18.1. The first-order valence-corrected chi connectivity index (χ1v) is 6.56. The van der Waals surface area contributed by atoms with E-state index < -0.39 is 5.38 Å². The van der Waals surface area contributed by atoms with Gasteiger partial charge in [-0.3, -0.25) is 4.79 Å². The lowest BCUT2D eigenvalue weighted by Gasteiger charge is -2.44. The third-order valence-electron chi connectivity index (χ3n) is 2.94. The largest absolute Gasteiger partial charge is 0.271 e. The fraction of sp³-hybridized carbons (Fsp3) is 0.182. The Morgan fingerprint density at radius 3 is 2.47 bits per heavy atom. The van der Waals surface area contributed by atoms with Gasteiger partial charge in [0.05, 0.1) is 0 Å². The molecule has 8 heteroatoms. The Morgan fingerprint density at radius 1 is 1.16 bits per heavy atom.